The highest BCUT2D eigenvalue weighted by Gasteiger charge is 2.17. The van der Waals surface area contributed by atoms with Crippen LogP contribution in [0, 0.1) is 6.92 Å². The van der Waals surface area contributed by atoms with Gasteiger partial charge in [-0.15, -0.1) is 0 Å². The molecular formula is C20H27NO2. The minimum Gasteiger partial charge on any atom is -0.508 e. The van der Waals surface area contributed by atoms with E-state index in [1.807, 2.05) is 19.9 Å². The summed E-state index contributed by atoms with van der Waals surface area (Å²) in [6.07, 6.45) is 2.75. The molecule has 0 heterocycles. The zero-order chi connectivity index (χ0) is 16.7. The molecule has 2 unspecified atom stereocenters. The summed E-state index contributed by atoms with van der Waals surface area (Å²) in [6.45, 7) is 4.79. The van der Waals surface area contributed by atoms with Crippen LogP contribution >= 0.6 is 0 Å². The number of phenols is 1. The lowest BCUT2D eigenvalue weighted by Gasteiger charge is -2.22. The number of aromatic hydroxyl groups is 1. The van der Waals surface area contributed by atoms with Gasteiger partial charge < -0.3 is 15.5 Å². The fourth-order valence-electron chi connectivity index (χ4n) is 2.80. The molecule has 3 heteroatoms. The van der Waals surface area contributed by atoms with Gasteiger partial charge in [-0.1, -0.05) is 36.4 Å². The maximum Gasteiger partial charge on any atom is 0.115 e. The number of nitrogens with one attached hydrogen (secondary N) is 1. The third-order valence-electron chi connectivity index (χ3n) is 4.25. The van der Waals surface area contributed by atoms with E-state index in [1.165, 1.54) is 5.56 Å². The predicted octanol–water partition coefficient (Wildman–Crippen LogP) is 3.74. The van der Waals surface area contributed by atoms with Crippen LogP contribution in [0.25, 0.3) is 0 Å². The molecule has 0 fully saturated rings. The molecule has 3 N–H and O–H groups in total. The van der Waals surface area contributed by atoms with Gasteiger partial charge in [0.2, 0.25) is 0 Å². The van der Waals surface area contributed by atoms with Crippen molar-refractivity contribution in [3.05, 3.63) is 65.2 Å². The Bertz CT molecular complexity index is 598. The fraction of sp³-hybridized carbons (Fsp3) is 0.400. The first kappa shape index (κ1) is 17.5. The molecule has 0 bridgehead atoms. The number of unbranched alkanes of at least 4 members (excludes halogenated alkanes) is 1. The van der Waals surface area contributed by atoms with Crippen molar-refractivity contribution in [1.29, 1.82) is 0 Å². The lowest BCUT2D eigenvalue weighted by atomic mass is 9.98. The molecule has 3 nitrogen and oxygen atoms in total. The summed E-state index contributed by atoms with van der Waals surface area (Å²) in [5, 5.41) is 23.3. The predicted molar refractivity (Wildman–Crippen MR) is 94.6 cm³/mol. The van der Waals surface area contributed by atoms with E-state index < -0.39 is 6.10 Å². The van der Waals surface area contributed by atoms with Crippen molar-refractivity contribution in [1.82, 2.24) is 5.32 Å². The zero-order valence-electron chi connectivity index (χ0n) is 14.0. The van der Waals surface area contributed by atoms with Gasteiger partial charge in [0.05, 0.1) is 6.10 Å². The number of rotatable bonds is 8. The zero-order valence-corrected chi connectivity index (χ0v) is 14.0. The first-order valence-corrected chi connectivity index (χ1v) is 8.33. The number of benzene rings is 2. The lowest BCUT2D eigenvalue weighted by Crippen LogP contribution is -2.33. The Morgan fingerprint density at radius 2 is 1.78 bits per heavy atom. The summed E-state index contributed by atoms with van der Waals surface area (Å²) in [5.74, 6) is 0.236. The van der Waals surface area contributed by atoms with Gasteiger partial charge in [0.1, 0.15) is 5.75 Å². The number of hydrogen-bond acceptors (Lipinski definition) is 3. The highest BCUT2D eigenvalue weighted by molar-refractivity contribution is 5.35. The van der Waals surface area contributed by atoms with Crippen molar-refractivity contribution in [3.8, 4) is 5.75 Å². The first-order valence-electron chi connectivity index (χ1n) is 8.33. The molecule has 0 amide bonds. The van der Waals surface area contributed by atoms with Gasteiger partial charge in [-0.25, -0.2) is 0 Å². The van der Waals surface area contributed by atoms with Gasteiger partial charge in [0, 0.05) is 6.04 Å². The molecule has 2 aromatic rings. The second-order valence-electron chi connectivity index (χ2n) is 6.17. The molecule has 0 saturated carbocycles. The maximum atomic E-state index is 10.5. The number of phenolic OH excluding ortho intramolecular Hbond substituents is 1. The molecule has 0 saturated heterocycles. The van der Waals surface area contributed by atoms with E-state index in [2.05, 4.69) is 29.6 Å². The van der Waals surface area contributed by atoms with Crippen molar-refractivity contribution in [2.45, 2.75) is 45.3 Å². The Kier molecular flexibility index (Phi) is 6.63. The summed E-state index contributed by atoms with van der Waals surface area (Å²) in [6, 6.07) is 15.6. The largest absolute Gasteiger partial charge is 0.508 e. The SMILES string of the molecule is Cc1cc(O)ccc1C(O)C(C)NCCCCc1ccccc1. The summed E-state index contributed by atoms with van der Waals surface area (Å²) >= 11 is 0. The van der Waals surface area contributed by atoms with E-state index in [9.17, 15) is 10.2 Å². The second-order valence-corrected chi connectivity index (χ2v) is 6.17. The van der Waals surface area contributed by atoms with Crippen LogP contribution in [0.1, 0.15) is 42.6 Å². The molecule has 2 aromatic carbocycles. The van der Waals surface area contributed by atoms with E-state index in [0.717, 1.165) is 36.9 Å². The van der Waals surface area contributed by atoms with Crippen LogP contribution in [0.3, 0.4) is 0 Å². The van der Waals surface area contributed by atoms with Crippen molar-refractivity contribution >= 4 is 0 Å². The van der Waals surface area contributed by atoms with Crippen molar-refractivity contribution in [2.24, 2.45) is 0 Å². The Balaban J connectivity index is 1.72. The molecule has 0 spiro atoms. The summed E-state index contributed by atoms with van der Waals surface area (Å²) in [4.78, 5) is 0. The third kappa shape index (κ3) is 5.38. The summed E-state index contributed by atoms with van der Waals surface area (Å²) < 4.78 is 0. The van der Waals surface area contributed by atoms with Gasteiger partial charge in [0.25, 0.3) is 0 Å². The average Bonchev–Trinajstić information content (AvgIpc) is 2.55. The average molecular weight is 313 g/mol. The molecule has 0 aromatic heterocycles. The van der Waals surface area contributed by atoms with E-state index in [-0.39, 0.29) is 11.8 Å². The van der Waals surface area contributed by atoms with E-state index in [0.29, 0.717) is 0 Å². The van der Waals surface area contributed by atoms with Gasteiger partial charge >= 0.3 is 0 Å². The van der Waals surface area contributed by atoms with Crippen LogP contribution in [0.2, 0.25) is 0 Å². The van der Waals surface area contributed by atoms with Gasteiger partial charge in [0.15, 0.2) is 0 Å². The van der Waals surface area contributed by atoms with Gasteiger partial charge in [-0.3, -0.25) is 0 Å². The Morgan fingerprint density at radius 3 is 2.48 bits per heavy atom. The Labute approximate surface area is 139 Å². The van der Waals surface area contributed by atoms with Crippen LogP contribution in [-0.2, 0) is 6.42 Å². The molecule has 0 aliphatic carbocycles. The van der Waals surface area contributed by atoms with Crippen LogP contribution in [0.4, 0.5) is 0 Å². The number of hydrogen-bond donors (Lipinski definition) is 3. The molecule has 0 aliphatic rings. The smallest absolute Gasteiger partial charge is 0.115 e. The molecule has 2 atom stereocenters. The van der Waals surface area contributed by atoms with Crippen LogP contribution in [0.5, 0.6) is 5.75 Å². The summed E-state index contributed by atoms with van der Waals surface area (Å²) in [5.41, 5.74) is 3.16. The van der Waals surface area contributed by atoms with Crippen molar-refractivity contribution in [2.75, 3.05) is 6.54 Å². The topological polar surface area (TPSA) is 52.5 Å². The van der Waals surface area contributed by atoms with Crippen LogP contribution in [-0.4, -0.2) is 22.8 Å². The quantitative estimate of drug-likeness (QED) is 0.651. The standard InChI is InChI=1S/C20H27NO2/c1-15-14-18(22)11-12-19(15)20(23)16(2)21-13-7-6-10-17-8-4-3-5-9-17/h3-5,8-9,11-12,14,16,20-23H,6-7,10,13H2,1-2H3. The van der Waals surface area contributed by atoms with E-state index in [1.54, 1.807) is 18.2 Å². The maximum absolute atomic E-state index is 10.5. The highest BCUT2D eigenvalue weighted by atomic mass is 16.3. The molecule has 124 valence electrons. The highest BCUT2D eigenvalue weighted by Crippen LogP contribution is 2.24. The minimum atomic E-state index is -0.565. The second kappa shape index (κ2) is 8.70. The number of aliphatic hydroxyl groups excluding tert-OH is 1. The summed E-state index contributed by atoms with van der Waals surface area (Å²) in [7, 11) is 0. The van der Waals surface area contributed by atoms with E-state index >= 15 is 0 Å². The van der Waals surface area contributed by atoms with E-state index in [4.69, 9.17) is 0 Å². The van der Waals surface area contributed by atoms with Crippen molar-refractivity contribution in [3.63, 3.8) is 0 Å². The van der Waals surface area contributed by atoms with Crippen molar-refractivity contribution < 1.29 is 10.2 Å². The normalized spacial score (nSPS) is 13.7. The molecule has 23 heavy (non-hydrogen) atoms. The first-order chi connectivity index (χ1) is 11.1. The van der Waals surface area contributed by atoms with Crippen LogP contribution in [0.15, 0.2) is 48.5 Å². The lowest BCUT2D eigenvalue weighted by molar-refractivity contribution is 0.135. The molecule has 2 rings (SSSR count). The Hall–Kier alpha value is -1.84. The molecular weight excluding hydrogens is 286 g/mol. The van der Waals surface area contributed by atoms with Gasteiger partial charge in [-0.05, 0) is 68.5 Å². The van der Waals surface area contributed by atoms with Crippen LogP contribution < -0.4 is 5.32 Å². The van der Waals surface area contributed by atoms with Gasteiger partial charge in [-0.2, -0.15) is 0 Å². The minimum absolute atomic E-state index is 0.0185. The third-order valence-corrected chi connectivity index (χ3v) is 4.25. The fourth-order valence-corrected chi connectivity index (χ4v) is 2.80. The molecule has 0 aliphatic heterocycles. The Morgan fingerprint density at radius 1 is 1.04 bits per heavy atom. The molecule has 0 radical (unpaired) electrons. The monoisotopic (exact) mass is 313 g/mol. The number of aliphatic hydroxyl groups is 1. The number of aryl methyl sites for hydroxylation is 2.